The number of halogens is 1. The van der Waals surface area contributed by atoms with Crippen molar-refractivity contribution in [3.05, 3.63) is 35.4 Å². The molecule has 76 valence electrons. The van der Waals surface area contributed by atoms with Crippen molar-refractivity contribution in [2.75, 3.05) is 0 Å². The molecule has 1 fully saturated rings. The van der Waals surface area contributed by atoms with E-state index in [0.29, 0.717) is 0 Å². The highest BCUT2D eigenvalue weighted by Gasteiger charge is 2.43. The van der Waals surface area contributed by atoms with Gasteiger partial charge in [0.05, 0.1) is 0 Å². The number of rotatable bonds is 2. The molecule has 0 amide bonds. The largest absolute Gasteiger partial charge is 0.247 e. The van der Waals surface area contributed by atoms with Gasteiger partial charge in [0.2, 0.25) is 0 Å². The second-order valence-electron chi connectivity index (χ2n) is 4.49. The van der Waals surface area contributed by atoms with Gasteiger partial charge in [-0.25, -0.2) is 4.39 Å². The summed E-state index contributed by atoms with van der Waals surface area (Å²) in [6, 6.07) is 8.34. The van der Waals surface area contributed by atoms with E-state index in [1.807, 2.05) is 0 Å². The minimum Gasteiger partial charge on any atom is -0.247 e. The molecule has 0 saturated heterocycles. The maximum absolute atomic E-state index is 13.6. The molecule has 1 heteroatoms. The van der Waals surface area contributed by atoms with Crippen molar-refractivity contribution in [2.45, 2.75) is 44.7 Å². The molecule has 14 heavy (non-hydrogen) atoms. The number of aryl methyl sites for hydroxylation is 1. The predicted octanol–water partition coefficient (Wildman–Crippen LogP) is 3.77. The molecular weight excluding hydrogens is 175 g/mol. The van der Waals surface area contributed by atoms with E-state index >= 15 is 0 Å². The summed E-state index contributed by atoms with van der Waals surface area (Å²) in [5.41, 5.74) is 2.27. The average molecular weight is 192 g/mol. The lowest BCUT2D eigenvalue weighted by Crippen LogP contribution is -2.41. The van der Waals surface area contributed by atoms with Gasteiger partial charge in [0, 0.05) is 5.41 Å². The summed E-state index contributed by atoms with van der Waals surface area (Å²) < 4.78 is 13.6. The highest BCUT2D eigenvalue weighted by Crippen LogP contribution is 2.47. The van der Waals surface area contributed by atoms with Crippen LogP contribution in [0.25, 0.3) is 0 Å². The maximum Gasteiger partial charge on any atom is 0.107 e. The molecule has 1 aliphatic carbocycles. The Hall–Kier alpha value is -0.850. The molecule has 0 spiro atoms. The number of benzene rings is 1. The van der Waals surface area contributed by atoms with Crippen LogP contribution in [0.5, 0.6) is 0 Å². The molecule has 0 radical (unpaired) electrons. The van der Waals surface area contributed by atoms with Crippen molar-refractivity contribution in [1.29, 1.82) is 0 Å². The molecule has 1 aromatic carbocycles. The Bertz CT molecular complexity index is 307. The zero-order valence-corrected chi connectivity index (χ0v) is 8.89. The fourth-order valence-electron chi connectivity index (χ4n) is 2.36. The van der Waals surface area contributed by atoms with Crippen molar-refractivity contribution < 1.29 is 4.39 Å². The Morgan fingerprint density at radius 3 is 2.14 bits per heavy atom. The summed E-state index contributed by atoms with van der Waals surface area (Å²) in [4.78, 5) is 0. The van der Waals surface area contributed by atoms with E-state index in [-0.39, 0.29) is 5.41 Å². The highest BCUT2D eigenvalue weighted by atomic mass is 19.1. The smallest absolute Gasteiger partial charge is 0.107 e. The van der Waals surface area contributed by atoms with Crippen LogP contribution in [0.1, 0.15) is 37.3 Å². The third kappa shape index (κ3) is 1.35. The zero-order chi connectivity index (χ0) is 10.2. The van der Waals surface area contributed by atoms with E-state index in [1.165, 1.54) is 17.5 Å². The first kappa shape index (κ1) is 9.70. The van der Waals surface area contributed by atoms with E-state index in [0.717, 1.165) is 12.8 Å². The molecule has 0 heterocycles. The molecule has 0 aliphatic heterocycles. The molecule has 1 saturated carbocycles. The lowest BCUT2D eigenvalue weighted by Gasteiger charge is -2.43. The quantitative estimate of drug-likeness (QED) is 0.669. The van der Waals surface area contributed by atoms with Crippen LogP contribution in [0.15, 0.2) is 24.3 Å². The Labute approximate surface area is 85.1 Å². The lowest BCUT2D eigenvalue weighted by molar-refractivity contribution is 0.114. The highest BCUT2D eigenvalue weighted by molar-refractivity contribution is 5.32. The average Bonchev–Trinajstić information content (AvgIpc) is 2.05. The third-order valence-corrected chi connectivity index (χ3v) is 3.63. The van der Waals surface area contributed by atoms with Gasteiger partial charge in [-0.05, 0) is 32.3 Å². The normalized spacial score (nSPS) is 21.4. The van der Waals surface area contributed by atoms with Gasteiger partial charge in [-0.3, -0.25) is 0 Å². The molecular formula is C13H17F. The van der Waals surface area contributed by atoms with Crippen molar-refractivity contribution in [3.8, 4) is 0 Å². The number of hydrogen-bond donors (Lipinski definition) is 0. The second-order valence-corrected chi connectivity index (χ2v) is 4.49. The molecule has 0 bridgehead atoms. The van der Waals surface area contributed by atoms with E-state index in [9.17, 15) is 4.39 Å². The summed E-state index contributed by atoms with van der Waals surface area (Å²) >= 11 is 0. The molecule has 0 aromatic heterocycles. The van der Waals surface area contributed by atoms with Gasteiger partial charge in [-0.15, -0.1) is 0 Å². The topological polar surface area (TPSA) is 0 Å². The van der Waals surface area contributed by atoms with Gasteiger partial charge in [0.1, 0.15) is 6.17 Å². The summed E-state index contributed by atoms with van der Waals surface area (Å²) in [6.45, 7) is 3.76. The fourth-order valence-corrected chi connectivity index (χ4v) is 2.36. The van der Waals surface area contributed by atoms with Crippen LogP contribution in [0.3, 0.4) is 0 Å². The standard InChI is InChI=1S/C13H17F/c1-10-4-6-12(7-5-10)13(11(2)14)8-3-9-13/h4-7,11H,3,8-9H2,1-2H3. The summed E-state index contributed by atoms with van der Waals surface area (Å²) in [7, 11) is 0. The Balaban J connectivity index is 2.32. The van der Waals surface area contributed by atoms with Crippen molar-refractivity contribution in [1.82, 2.24) is 0 Å². The van der Waals surface area contributed by atoms with Crippen LogP contribution in [0.2, 0.25) is 0 Å². The lowest BCUT2D eigenvalue weighted by atomic mass is 9.62. The van der Waals surface area contributed by atoms with Crippen LogP contribution in [0.4, 0.5) is 4.39 Å². The molecule has 1 aromatic rings. The van der Waals surface area contributed by atoms with Crippen LogP contribution >= 0.6 is 0 Å². The predicted molar refractivity (Wildman–Crippen MR) is 57.3 cm³/mol. The van der Waals surface area contributed by atoms with Gasteiger partial charge in [0.15, 0.2) is 0 Å². The third-order valence-electron chi connectivity index (χ3n) is 3.63. The SMILES string of the molecule is Cc1ccc(C2(C(C)F)CCC2)cc1. The van der Waals surface area contributed by atoms with Crippen LogP contribution in [0, 0.1) is 6.92 Å². The fraction of sp³-hybridized carbons (Fsp3) is 0.538. The second kappa shape index (κ2) is 3.38. The van der Waals surface area contributed by atoms with E-state index in [4.69, 9.17) is 0 Å². The minimum atomic E-state index is -0.723. The van der Waals surface area contributed by atoms with Gasteiger partial charge in [-0.1, -0.05) is 36.2 Å². The Morgan fingerprint density at radius 2 is 1.79 bits per heavy atom. The minimum absolute atomic E-state index is 0.159. The zero-order valence-electron chi connectivity index (χ0n) is 8.89. The first-order valence-corrected chi connectivity index (χ1v) is 5.36. The summed E-state index contributed by atoms with van der Waals surface area (Å²) in [5, 5.41) is 0. The molecule has 0 nitrogen and oxygen atoms in total. The van der Waals surface area contributed by atoms with Gasteiger partial charge < -0.3 is 0 Å². The molecule has 1 unspecified atom stereocenters. The van der Waals surface area contributed by atoms with Gasteiger partial charge >= 0.3 is 0 Å². The van der Waals surface area contributed by atoms with Gasteiger partial charge in [-0.2, -0.15) is 0 Å². The van der Waals surface area contributed by atoms with Crippen LogP contribution < -0.4 is 0 Å². The number of hydrogen-bond acceptors (Lipinski definition) is 0. The summed E-state index contributed by atoms with van der Waals surface area (Å²) in [6.07, 6.45) is 2.46. The number of alkyl halides is 1. The molecule has 1 aliphatic rings. The van der Waals surface area contributed by atoms with Crippen molar-refractivity contribution in [3.63, 3.8) is 0 Å². The summed E-state index contributed by atoms with van der Waals surface area (Å²) in [5.74, 6) is 0. The first-order chi connectivity index (χ1) is 6.65. The maximum atomic E-state index is 13.6. The molecule has 2 rings (SSSR count). The van der Waals surface area contributed by atoms with Crippen molar-refractivity contribution in [2.24, 2.45) is 0 Å². The van der Waals surface area contributed by atoms with E-state index < -0.39 is 6.17 Å². The van der Waals surface area contributed by atoms with E-state index in [2.05, 4.69) is 31.2 Å². The molecule has 0 N–H and O–H groups in total. The van der Waals surface area contributed by atoms with E-state index in [1.54, 1.807) is 6.92 Å². The van der Waals surface area contributed by atoms with Gasteiger partial charge in [0.25, 0.3) is 0 Å². The first-order valence-electron chi connectivity index (χ1n) is 5.36. The Morgan fingerprint density at radius 1 is 1.21 bits per heavy atom. The molecule has 1 atom stereocenters. The van der Waals surface area contributed by atoms with Crippen LogP contribution in [-0.4, -0.2) is 6.17 Å². The van der Waals surface area contributed by atoms with Crippen molar-refractivity contribution >= 4 is 0 Å². The monoisotopic (exact) mass is 192 g/mol. The Kier molecular flexibility index (Phi) is 2.34. The van der Waals surface area contributed by atoms with Crippen LogP contribution in [-0.2, 0) is 5.41 Å².